The first kappa shape index (κ1) is 21.7. The van der Waals surface area contributed by atoms with Crippen molar-refractivity contribution >= 4 is 35.2 Å². The number of nitrogens with two attached hydrogens (primary N) is 1. The fourth-order valence-electron chi connectivity index (χ4n) is 2.51. The molecule has 4 N–H and O–H groups in total. The number of ether oxygens (including phenoxy) is 1. The third-order valence-corrected chi connectivity index (χ3v) is 4.19. The molecule has 0 spiro atoms. The molecule has 0 saturated carbocycles. The van der Waals surface area contributed by atoms with Gasteiger partial charge in [0.05, 0.1) is 23.7 Å². The van der Waals surface area contributed by atoms with Crippen LogP contribution < -0.4 is 16.4 Å². The number of hydrogen-bond donors (Lipinski definition) is 3. The maximum atomic E-state index is 12.3. The molecule has 2 atom stereocenters. The van der Waals surface area contributed by atoms with Gasteiger partial charge in [0.25, 0.3) is 5.91 Å². The van der Waals surface area contributed by atoms with E-state index < -0.39 is 30.1 Å². The van der Waals surface area contributed by atoms with Gasteiger partial charge in [-0.15, -0.1) is 0 Å². The minimum absolute atomic E-state index is 0.239. The molecule has 0 aliphatic carbocycles. The molecule has 0 radical (unpaired) electrons. The van der Waals surface area contributed by atoms with E-state index in [1.54, 1.807) is 48.5 Å². The van der Waals surface area contributed by atoms with Gasteiger partial charge in [0.15, 0.2) is 6.10 Å². The number of benzene rings is 2. The highest BCUT2D eigenvalue weighted by molar-refractivity contribution is 6.30. The van der Waals surface area contributed by atoms with Crippen LogP contribution in [0.1, 0.15) is 30.5 Å². The summed E-state index contributed by atoms with van der Waals surface area (Å²) >= 11 is 5.85. The number of esters is 1. The van der Waals surface area contributed by atoms with Crippen molar-refractivity contribution in [2.24, 2.45) is 5.73 Å². The lowest BCUT2D eigenvalue weighted by Gasteiger charge is -2.19. The van der Waals surface area contributed by atoms with Gasteiger partial charge in [-0.2, -0.15) is 5.26 Å². The van der Waals surface area contributed by atoms with Crippen molar-refractivity contribution in [2.45, 2.75) is 25.5 Å². The zero-order chi connectivity index (χ0) is 21.4. The Morgan fingerprint density at radius 2 is 1.83 bits per heavy atom. The number of amides is 3. The number of nitriles is 1. The van der Waals surface area contributed by atoms with Crippen molar-refractivity contribution in [3.63, 3.8) is 0 Å². The van der Waals surface area contributed by atoms with Crippen LogP contribution >= 0.6 is 11.6 Å². The van der Waals surface area contributed by atoms with E-state index in [4.69, 9.17) is 27.3 Å². The number of para-hydroxylation sites is 1. The highest BCUT2D eigenvalue weighted by Crippen LogP contribution is 2.20. The van der Waals surface area contributed by atoms with Gasteiger partial charge in [-0.3, -0.25) is 9.59 Å². The van der Waals surface area contributed by atoms with E-state index >= 15 is 0 Å². The largest absolute Gasteiger partial charge is 0.452 e. The van der Waals surface area contributed by atoms with E-state index in [-0.39, 0.29) is 12.0 Å². The molecule has 0 heterocycles. The maximum Gasteiger partial charge on any atom is 0.312 e. The molecule has 0 saturated heterocycles. The number of halogens is 1. The Labute approximate surface area is 172 Å². The second-order valence-electron chi connectivity index (χ2n) is 6.10. The van der Waals surface area contributed by atoms with Crippen LogP contribution in [0.25, 0.3) is 0 Å². The summed E-state index contributed by atoms with van der Waals surface area (Å²) in [6.45, 7) is 1.40. The van der Waals surface area contributed by atoms with Gasteiger partial charge in [-0.25, -0.2) is 4.79 Å². The van der Waals surface area contributed by atoms with Gasteiger partial charge in [0.1, 0.15) is 6.07 Å². The third kappa shape index (κ3) is 6.52. The van der Waals surface area contributed by atoms with Crippen molar-refractivity contribution in [2.75, 3.05) is 5.32 Å². The number of nitrogens with zero attached hydrogens (tertiary/aromatic N) is 1. The maximum absolute atomic E-state index is 12.3. The number of hydrogen-bond acceptors (Lipinski definition) is 5. The molecule has 0 aliphatic heterocycles. The van der Waals surface area contributed by atoms with Gasteiger partial charge in [-0.05, 0) is 36.8 Å². The fourth-order valence-corrected chi connectivity index (χ4v) is 2.63. The Bertz CT molecular complexity index is 940. The molecule has 0 fully saturated rings. The van der Waals surface area contributed by atoms with Crippen LogP contribution in [0.3, 0.4) is 0 Å². The van der Waals surface area contributed by atoms with Gasteiger partial charge >= 0.3 is 12.0 Å². The van der Waals surface area contributed by atoms with E-state index in [0.29, 0.717) is 16.3 Å². The molecule has 3 amide bonds. The van der Waals surface area contributed by atoms with Crippen LogP contribution in [0.5, 0.6) is 0 Å². The zero-order valence-electron chi connectivity index (χ0n) is 15.5. The zero-order valence-corrected chi connectivity index (χ0v) is 16.3. The molecule has 0 aromatic heterocycles. The first-order chi connectivity index (χ1) is 13.8. The molecule has 29 heavy (non-hydrogen) atoms. The predicted molar refractivity (Wildman–Crippen MR) is 107 cm³/mol. The molecule has 2 aromatic rings. The summed E-state index contributed by atoms with van der Waals surface area (Å²) in [6, 6.07) is 13.4. The summed E-state index contributed by atoms with van der Waals surface area (Å²) in [5.41, 5.74) is 6.38. The van der Waals surface area contributed by atoms with E-state index in [0.717, 1.165) is 0 Å². The summed E-state index contributed by atoms with van der Waals surface area (Å²) in [4.78, 5) is 35.8. The average molecular weight is 415 g/mol. The molecule has 0 bridgehead atoms. The molecular weight excluding hydrogens is 396 g/mol. The van der Waals surface area contributed by atoms with E-state index in [2.05, 4.69) is 10.6 Å². The smallest absolute Gasteiger partial charge is 0.312 e. The van der Waals surface area contributed by atoms with E-state index in [9.17, 15) is 14.4 Å². The van der Waals surface area contributed by atoms with Crippen molar-refractivity contribution in [3.8, 4) is 6.07 Å². The molecule has 2 rings (SSSR count). The monoisotopic (exact) mass is 414 g/mol. The number of nitrogens with one attached hydrogen (secondary N) is 2. The minimum Gasteiger partial charge on any atom is -0.452 e. The number of urea groups is 1. The Morgan fingerprint density at radius 1 is 1.17 bits per heavy atom. The lowest BCUT2D eigenvalue weighted by molar-refractivity contribution is -0.153. The van der Waals surface area contributed by atoms with Crippen LogP contribution in [0.15, 0.2) is 48.5 Å². The van der Waals surface area contributed by atoms with E-state index in [1.165, 1.54) is 6.92 Å². The van der Waals surface area contributed by atoms with Crippen molar-refractivity contribution in [3.05, 3.63) is 64.7 Å². The highest BCUT2D eigenvalue weighted by Gasteiger charge is 2.23. The Balaban J connectivity index is 2.01. The highest BCUT2D eigenvalue weighted by atomic mass is 35.5. The van der Waals surface area contributed by atoms with Crippen LogP contribution in [-0.4, -0.2) is 24.0 Å². The molecular formula is C20H19ClN4O4. The second-order valence-corrected chi connectivity index (χ2v) is 6.53. The first-order valence-electron chi connectivity index (χ1n) is 8.61. The quantitative estimate of drug-likeness (QED) is 0.599. The number of primary amides is 1. The van der Waals surface area contributed by atoms with Gasteiger partial charge in [0, 0.05) is 5.02 Å². The van der Waals surface area contributed by atoms with Crippen LogP contribution in [0.2, 0.25) is 5.02 Å². The lowest BCUT2D eigenvalue weighted by atomic mass is 10.0. The molecule has 0 unspecified atom stereocenters. The summed E-state index contributed by atoms with van der Waals surface area (Å²) in [7, 11) is 0. The number of carbonyl (C=O) groups excluding carboxylic acids is 3. The topological polar surface area (TPSA) is 134 Å². The van der Waals surface area contributed by atoms with Crippen molar-refractivity contribution in [1.29, 1.82) is 5.26 Å². The standard InChI is InChI=1S/C20H19ClN4O4/c1-12(19(27)24-16-5-3-2-4-14(16)11-22)29-18(26)10-17(25-20(23)28)13-6-8-15(21)9-7-13/h2-9,12,17H,10H2,1H3,(H,24,27)(H3,23,25,28)/t12-,17+/m1/s1. The lowest BCUT2D eigenvalue weighted by Crippen LogP contribution is -2.36. The number of anilines is 1. The van der Waals surface area contributed by atoms with Gasteiger partial charge < -0.3 is 21.1 Å². The van der Waals surface area contributed by atoms with E-state index in [1.807, 2.05) is 6.07 Å². The minimum atomic E-state index is -1.12. The second kappa shape index (κ2) is 10.1. The Hall–Kier alpha value is -3.57. The van der Waals surface area contributed by atoms with Crippen molar-refractivity contribution < 1.29 is 19.1 Å². The van der Waals surface area contributed by atoms with Crippen LogP contribution in [-0.2, 0) is 14.3 Å². The Kier molecular flexibility index (Phi) is 7.57. The molecule has 0 aliphatic rings. The summed E-state index contributed by atoms with van der Waals surface area (Å²) in [5.74, 6) is -1.30. The number of carbonyl (C=O) groups is 3. The summed E-state index contributed by atoms with van der Waals surface area (Å²) in [5, 5.41) is 14.6. The molecule has 150 valence electrons. The fraction of sp³-hybridized carbons (Fsp3) is 0.200. The summed E-state index contributed by atoms with van der Waals surface area (Å²) in [6.07, 6.45) is -1.36. The van der Waals surface area contributed by atoms with Crippen molar-refractivity contribution in [1.82, 2.24) is 5.32 Å². The Morgan fingerprint density at radius 3 is 2.45 bits per heavy atom. The van der Waals surface area contributed by atoms with Crippen LogP contribution in [0, 0.1) is 11.3 Å². The van der Waals surface area contributed by atoms with Gasteiger partial charge in [-0.1, -0.05) is 35.9 Å². The molecule has 2 aromatic carbocycles. The predicted octanol–water partition coefficient (Wildman–Crippen LogP) is 2.88. The normalized spacial score (nSPS) is 12.2. The number of rotatable bonds is 7. The SMILES string of the molecule is C[C@@H](OC(=O)C[C@H](NC(N)=O)c1ccc(Cl)cc1)C(=O)Nc1ccccc1C#N. The first-order valence-corrected chi connectivity index (χ1v) is 8.99. The van der Waals surface area contributed by atoms with Crippen LogP contribution in [0.4, 0.5) is 10.5 Å². The third-order valence-electron chi connectivity index (χ3n) is 3.94. The van der Waals surface area contributed by atoms with Gasteiger partial charge in [0.2, 0.25) is 0 Å². The molecule has 8 nitrogen and oxygen atoms in total. The summed E-state index contributed by atoms with van der Waals surface area (Å²) < 4.78 is 5.16. The molecule has 9 heteroatoms. The average Bonchev–Trinajstić information content (AvgIpc) is 2.68.